The summed E-state index contributed by atoms with van der Waals surface area (Å²) in [6.07, 6.45) is 0. The van der Waals surface area contributed by atoms with Crippen molar-refractivity contribution in [2.24, 2.45) is 0 Å². The highest BCUT2D eigenvalue weighted by atomic mass is 16.5. The van der Waals surface area contributed by atoms with Crippen LogP contribution in [0.25, 0.3) is 5.76 Å². The van der Waals surface area contributed by atoms with Gasteiger partial charge in [-0.25, -0.2) is 0 Å². The van der Waals surface area contributed by atoms with Gasteiger partial charge in [0.1, 0.15) is 17.3 Å². The number of ether oxygens (including phenoxy) is 4. The molecule has 1 amide bonds. The van der Waals surface area contributed by atoms with Crippen molar-refractivity contribution in [2.45, 2.75) is 19.9 Å². The van der Waals surface area contributed by atoms with E-state index in [-0.39, 0.29) is 16.9 Å². The Morgan fingerprint density at radius 3 is 2.16 bits per heavy atom. The Balaban J connectivity index is 1.94. The van der Waals surface area contributed by atoms with Crippen molar-refractivity contribution in [3.05, 3.63) is 83.4 Å². The SMILES string of the molecule is CCOc1ccc(N2C(=O)C(=O)/C(=C(/O)c3cc(OC)ccc3OC)C2c2ccccc2)cc1OCC. The number of hydrogen-bond donors (Lipinski definition) is 1. The van der Waals surface area contributed by atoms with Gasteiger partial charge in [0.25, 0.3) is 11.7 Å². The monoisotopic (exact) mass is 503 g/mol. The number of aliphatic hydroxyl groups excluding tert-OH is 1. The number of ketones is 1. The van der Waals surface area contributed by atoms with Crippen LogP contribution in [0.2, 0.25) is 0 Å². The van der Waals surface area contributed by atoms with Gasteiger partial charge in [0, 0.05) is 11.8 Å². The Labute approximate surface area is 215 Å². The molecule has 192 valence electrons. The third kappa shape index (κ3) is 4.82. The second-order valence-electron chi connectivity index (χ2n) is 8.14. The lowest BCUT2D eigenvalue weighted by atomic mass is 9.94. The molecule has 1 aliphatic rings. The molecule has 1 aliphatic heterocycles. The van der Waals surface area contributed by atoms with Crippen molar-refractivity contribution < 1.29 is 33.6 Å². The lowest BCUT2D eigenvalue weighted by Crippen LogP contribution is -2.29. The largest absolute Gasteiger partial charge is 0.507 e. The highest BCUT2D eigenvalue weighted by molar-refractivity contribution is 6.51. The summed E-state index contributed by atoms with van der Waals surface area (Å²) in [7, 11) is 2.96. The first-order chi connectivity index (χ1) is 17.9. The molecule has 1 atom stereocenters. The van der Waals surface area contributed by atoms with Gasteiger partial charge in [-0.2, -0.15) is 0 Å². The number of benzene rings is 3. The van der Waals surface area contributed by atoms with Crippen molar-refractivity contribution >= 4 is 23.1 Å². The number of amides is 1. The Hall–Kier alpha value is -4.46. The lowest BCUT2D eigenvalue weighted by molar-refractivity contribution is -0.132. The molecule has 0 aromatic heterocycles. The van der Waals surface area contributed by atoms with Crippen LogP contribution in [0.4, 0.5) is 5.69 Å². The van der Waals surface area contributed by atoms with Crippen molar-refractivity contribution in [3.8, 4) is 23.0 Å². The number of aliphatic hydroxyl groups is 1. The summed E-state index contributed by atoms with van der Waals surface area (Å²) in [5.74, 6) is -0.183. The van der Waals surface area contributed by atoms with Gasteiger partial charge in [-0.15, -0.1) is 0 Å². The van der Waals surface area contributed by atoms with Crippen molar-refractivity contribution in [3.63, 3.8) is 0 Å². The van der Waals surface area contributed by atoms with Crippen LogP contribution >= 0.6 is 0 Å². The van der Waals surface area contributed by atoms with Gasteiger partial charge in [0.2, 0.25) is 0 Å². The van der Waals surface area contributed by atoms with E-state index in [9.17, 15) is 14.7 Å². The number of hydrogen-bond acceptors (Lipinski definition) is 7. The highest BCUT2D eigenvalue weighted by Gasteiger charge is 2.47. The molecule has 0 aliphatic carbocycles. The van der Waals surface area contributed by atoms with E-state index < -0.39 is 17.7 Å². The minimum Gasteiger partial charge on any atom is -0.507 e. The minimum atomic E-state index is -0.899. The average molecular weight is 504 g/mol. The first-order valence-electron chi connectivity index (χ1n) is 11.9. The van der Waals surface area contributed by atoms with Crippen LogP contribution in [0.3, 0.4) is 0 Å². The molecule has 3 aromatic carbocycles. The molecule has 0 spiro atoms. The Kier molecular flexibility index (Phi) is 7.67. The lowest BCUT2D eigenvalue weighted by Gasteiger charge is -2.26. The van der Waals surface area contributed by atoms with Gasteiger partial charge in [-0.1, -0.05) is 30.3 Å². The molecule has 8 nitrogen and oxygen atoms in total. The van der Waals surface area contributed by atoms with Crippen LogP contribution in [-0.4, -0.2) is 44.2 Å². The molecule has 0 bridgehead atoms. The number of methoxy groups -OCH3 is 2. The second-order valence-corrected chi connectivity index (χ2v) is 8.14. The molecule has 8 heteroatoms. The molecule has 1 unspecified atom stereocenters. The van der Waals surface area contributed by atoms with Gasteiger partial charge < -0.3 is 24.1 Å². The van der Waals surface area contributed by atoms with Gasteiger partial charge >= 0.3 is 0 Å². The molecular formula is C29H29NO7. The predicted octanol–water partition coefficient (Wildman–Crippen LogP) is 5.13. The van der Waals surface area contributed by atoms with E-state index in [0.717, 1.165) is 0 Å². The Bertz CT molecular complexity index is 1330. The molecule has 3 aromatic rings. The first kappa shape index (κ1) is 25.6. The van der Waals surface area contributed by atoms with Crippen LogP contribution in [-0.2, 0) is 9.59 Å². The molecule has 1 heterocycles. The van der Waals surface area contributed by atoms with Crippen LogP contribution < -0.4 is 23.8 Å². The Morgan fingerprint density at radius 1 is 0.838 bits per heavy atom. The van der Waals surface area contributed by atoms with Gasteiger partial charge in [-0.3, -0.25) is 14.5 Å². The summed E-state index contributed by atoms with van der Waals surface area (Å²) >= 11 is 0. The molecule has 1 fully saturated rings. The molecular weight excluding hydrogens is 474 g/mol. The smallest absolute Gasteiger partial charge is 0.300 e. The highest BCUT2D eigenvalue weighted by Crippen LogP contribution is 2.45. The fraction of sp³-hybridized carbons (Fsp3) is 0.241. The topological polar surface area (TPSA) is 94.5 Å². The normalized spacial score (nSPS) is 16.5. The third-order valence-corrected chi connectivity index (χ3v) is 6.03. The summed E-state index contributed by atoms with van der Waals surface area (Å²) < 4.78 is 22.1. The van der Waals surface area contributed by atoms with Crippen LogP contribution in [0.15, 0.2) is 72.3 Å². The molecule has 1 N–H and O–H groups in total. The average Bonchev–Trinajstić information content (AvgIpc) is 3.19. The van der Waals surface area contributed by atoms with E-state index in [4.69, 9.17) is 18.9 Å². The maximum Gasteiger partial charge on any atom is 0.300 e. The summed E-state index contributed by atoms with van der Waals surface area (Å²) in [6, 6.07) is 18.1. The van der Waals surface area contributed by atoms with Crippen LogP contribution in [0.1, 0.15) is 31.0 Å². The summed E-state index contributed by atoms with van der Waals surface area (Å²) in [5, 5.41) is 11.5. The second kappa shape index (κ2) is 11.1. The number of Topliss-reactive ketones (excluding diaryl/α,β-unsaturated/α-hetero) is 1. The Morgan fingerprint density at radius 2 is 1.51 bits per heavy atom. The quantitative estimate of drug-likeness (QED) is 0.246. The van der Waals surface area contributed by atoms with E-state index in [0.29, 0.717) is 47.5 Å². The number of carbonyl (C=O) groups excluding carboxylic acids is 2. The molecule has 0 radical (unpaired) electrons. The van der Waals surface area contributed by atoms with Crippen LogP contribution in [0, 0.1) is 0 Å². The van der Waals surface area contributed by atoms with E-state index in [1.165, 1.54) is 19.1 Å². The van der Waals surface area contributed by atoms with Gasteiger partial charge in [0.05, 0.1) is 44.6 Å². The fourth-order valence-corrected chi connectivity index (χ4v) is 4.38. The van der Waals surface area contributed by atoms with Crippen molar-refractivity contribution in [1.29, 1.82) is 0 Å². The zero-order chi connectivity index (χ0) is 26.5. The van der Waals surface area contributed by atoms with Crippen LogP contribution in [0.5, 0.6) is 23.0 Å². The zero-order valence-electron chi connectivity index (χ0n) is 21.2. The summed E-state index contributed by atoms with van der Waals surface area (Å²) in [4.78, 5) is 28.3. The van der Waals surface area contributed by atoms with Crippen molar-refractivity contribution in [2.75, 3.05) is 32.3 Å². The van der Waals surface area contributed by atoms with E-state index in [1.54, 1.807) is 48.5 Å². The molecule has 0 saturated carbocycles. The van der Waals surface area contributed by atoms with Gasteiger partial charge in [-0.05, 0) is 49.7 Å². The maximum absolute atomic E-state index is 13.5. The van der Waals surface area contributed by atoms with Gasteiger partial charge in [0.15, 0.2) is 11.5 Å². The zero-order valence-corrected chi connectivity index (χ0v) is 21.2. The molecule has 1 saturated heterocycles. The number of rotatable bonds is 9. The molecule has 37 heavy (non-hydrogen) atoms. The third-order valence-electron chi connectivity index (χ3n) is 6.03. The maximum atomic E-state index is 13.5. The molecule has 4 rings (SSSR count). The van der Waals surface area contributed by atoms with E-state index in [1.807, 2.05) is 32.0 Å². The van der Waals surface area contributed by atoms with E-state index >= 15 is 0 Å². The summed E-state index contributed by atoms with van der Waals surface area (Å²) in [5.41, 5.74) is 1.26. The minimum absolute atomic E-state index is 0.0606. The standard InChI is InChI=1S/C29H29NO7/c1-5-36-23-14-12-19(16-24(23)37-6-2)30-26(18-10-8-7-9-11-18)25(28(32)29(30)33)27(31)21-17-20(34-3)13-15-22(21)35-4/h7-17,26,31H,5-6H2,1-4H3/b27-25+. The van der Waals surface area contributed by atoms with Crippen molar-refractivity contribution in [1.82, 2.24) is 0 Å². The fourth-order valence-electron chi connectivity index (χ4n) is 4.38. The number of carbonyl (C=O) groups is 2. The summed E-state index contributed by atoms with van der Waals surface area (Å²) in [6.45, 7) is 4.54. The first-order valence-corrected chi connectivity index (χ1v) is 11.9. The predicted molar refractivity (Wildman–Crippen MR) is 140 cm³/mol. The number of anilines is 1. The van der Waals surface area contributed by atoms with E-state index in [2.05, 4.69) is 0 Å². The number of nitrogens with zero attached hydrogens (tertiary/aromatic N) is 1.